The molecule has 0 aromatic rings. The molecule has 2 saturated heterocycles. The molecule has 3 rings (SSSR count). The zero-order valence-corrected chi connectivity index (χ0v) is 10.1. The fraction of sp³-hybridized carbons (Fsp3) is 0.833. The molecular formula is C12H19NO3. The van der Waals surface area contributed by atoms with Crippen LogP contribution in [0.25, 0.3) is 0 Å². The van der Waals surface area contributed by atoms with E-state index in [9.17, 15) is 9.59 Å². The summed E-state index contributed by atoms with van der Waals surface area (Å²) in [7, 11) is 0. The van der Waals surface area contributed by atoms with Crippen molar-refractivity contribution < 1.29 is 14.3 Å². The lowest BCUT2D eigenvalue weighted by atomic mass is 9.62. The third-order valence-electron chi connectivity index (χ3n) is 3.41. The average molecular weight is 225 g/mol. The molecule has 3 fully saturated rings. The minimum Gasteiger partial charge on any atom is -0.444 e. The Morgan fingerprint density at radius 1 is 1.31 bits per heavy atom. The second-order valence-electron chi connectivity index (χ2n) is 5.85. The van der Waals surface area contributed by atoms with Gasteiger partial charge in [-0.25, -0.2) is 4.79 Å². The Kier molecular flexibility index (Phi) is 2.68. The number of hydrogen-bond donors (Lipinski definition) is 0. The Hall–Kier alpha value is -1.06. The van der Waals surface area contributed by atoms with Crippen LogP contribution >= 0.6 is 0 Å². The van der Waals surface area contributed by atoms with Crippen molar-refractivity contribution in [2.45, 2.75) is 32.8 Å². The van der Waals surface area contributed by atoms with Crippen molar-refractivity contribution in [1.29, 1.82) is 0 Å². The lowest BCUT2D eigenvalue weighted by molar-refractivity contribution is -0.126. The summed E-state index contributed by atoms with van der Waals surface area (Å²) in [5, 5.41) is 0. The molecule has 3 aliphatic rings. The number of ether oxygens (including phenoxy) is 1. The van der Waals surface area contributed by atoms with Gasteiger partial charge in [-0.15, -0.1) is 0 Å². The summed E-state index contributed by atoms with van der Waals surface area (Å²) < 4.78 is 5.31. The van der Waals surface area contributed by atoms with Crippen LogP contribution in [0.2, 0.25) is 0 Å². The standard InChI is InChI=1S/C12H19NO3/c1-12(2,3)16-11(15)13-5-8-4-9(6-13)10(8)7-14/h7-10H,4-6H2,1-3H3/t8-,9+,10?. The van der Waals surface area contributed by atoms with Gasteiger partial charge < -0.3 is 14.4 Å². The fourth-order valence-corrected chi connectivity index (χ4v) is 2.62. The van der Waals surface area contributed by atoms with Gasteiger partial charge in [0, 0.05) is 19.0 Å². The number of carbonyl (C=O) groups excluding carboxylic acids is 2. The van der Waals surface area contributed by atoms with Crippen LogP contribution in [-0.2, 0) is 9.53 Å². The largest absolute Gasteiger partial charge is 0.444 e. The number of piperidine rings is 2. The molecule has 1 aliphatic carbocycles. The molecule has 0 spiro atoms. The topological polar surface area (TPSA) is 46.6 Å². The Balaban J connectivity index is 1.90. The van der Waals surface area contributed by atoms with Crippen LogP contribution in [0.3, 0.4) is 0 Å². The van der Waals surface area contributed by atoms with Gasteiger partial charge in [0.25, 0.3) is 0 Å². The first kappa shape index (κ1) is 11.4. The molecule has 0 N–H and O–H groups in total. The highest BCUT2D eigenvalue weighted by molar-refractivity contribution is 5.69. The summed E-state index contributed by atoms with van der Waals surface area (Å²) in [6, 6.07) is 0. The van der Waals surface area contributed by atoms with E-state index in [1.807, 2.05) is 20.8 Å². The Morgan fingerprint density at radius 2 is 1.88 bits per heavy atom. The molecule has 0 radical (unpaired) electrons. The van der Waals surface area contributed by atoms with E-state index in [0.717, 1.165) is 12.7 Å². The molecule has 4 nitrogen and oxygen atoms in total. The predicted molar refractivity (Wildman–Crippen MR) is 59.0 cm³/mol. The first-order valence-corrected chi connectivity index (χ1v) is 5.84. The predicted octanol–water partition coefficient (Wildman–Crippen LogP) is 1.69. The summed E-state index contributed by atoms with van der Waals surface area (Å²) in [5.74, 6) is 0.909. The van der Waals surface area contributed by atoms with E-state index in [1.54, 1.807) is 4.90 Å². The Morgan fingerprint density at radius 3 is 2.31 bits per heavy atom. The van der Waals surface area contributed by atoms with Gasteiger partial charge >= 0.3 is 6.09 Å². The SMILES string of the molecule is CC(C)(C)OC(=O)N1C[C@H]2C[C@@H](C1)C2C=O. The van der Waals surface area contributed by atoms with Crippen molar-refractivity contribution in [3.63, 3.8) is 0 Å². The fourth-order valence-electron chi connectivity index (χ4n) is 2.62. The van der Waals surface area contributed by atoms with Crippen LogP contribution in [0.5, 0.6) is 0 Å². The molecule has 2 aliphatic heterocycles. The van der Waals surface area contributed by atoms with Crippen molar-refractivity contribution in [2.24, 2.45) is 17.8 Å². The van der Waals surface area contributed by atoms with Gasteiger partial charge in [-0.3, -0.25) is 0 Å². The van der Waals surface area contributed by atoms with Crippen molar-refractivity contribution in [3.05, 3.63) is 0 Å². The van der Waals surface area contributed by atoms with Crippen LogP contribution < -0.4 is 0 Å². The minimum absolute atomic E-state index is 0.179. The van der Waals surface area contributed by atoms with E-state index < -0.39 is 5.60 Å². The number of hydrogen-bond acceptors (Lipinski definition) is 3. The molecule has 1 amide bonds. The van der Waals surface area contributed by atoms with Crippen LogP contribution in [0.15, 0.2) is 0 Å². The molecule has 1 saturated carbocycles. The molecular weight excluding hydrogens is 206 g/mol. The first-order valence-electron chi connectivity index (χ1n) is 5.84. The normalized spacial score (nSPS) is 32.9. The van der Waals surface area contributed by atoms with Gasteiger partial charge in [-0.1, -0.05) is 0 Å². The highest BCUT2D eigenvalue weighted by Gasteiger charge is 2.48. The van der Waals surface area contributed by atoms with Crippen LogP contribution in [0, 0.1) is 17.8 Å². The average Bonchev–Trinajstić information content (AvgIpc) is 2.16. The van der Waals surface area contributed by atoms with Crippen molar-refractivity contribution in [3.8, 4) is 0 Å². The Bertz CT molecular complexity index is 296. The monoisotopic (exact) mass is 225 g/mol. The quantitative estimate of drug-likeness (QED) is 0.638. The molecule has 2 heterocycles. The third kappa shape index (κ3) is 2.06. The second-order valence-corrected chi connectivity index (χ2v) is 5.85. The van der Waals surface area contributed by atoms with E-state index in [1.165, 1.54) is 0 Å². The van der Waals surface area contributed by atoms with E-state index in [0.29, 0.717) is 24.9 Å². The van der Waals surface area contributed by atoms with Gasteiger partial charge in [0.05, 0.1) is 0 Å². The van der Waals surface area contributed by atoms with Gasteiger partial charge in [-0.05, 0) is 39.0 Å². The maximum atomic E-state index is 11.8. The lowest BCUT2D eigenvalue weighted by Gasteiger charge is -2.51. The summed E-state index contributed by atoms with van der Waals surface area (Å²) in [5.41, 5.74) is -0.442. The third-order valence-corrected chi connectivity index (χ3v) is 3.41. The van der Waals surface area contributed by atoms with Gasteiger partial charge in [0.1, 0.15) is 11.9 Å². The summed E-state index contributed by atoms with van der Waals surface area (Å²) in [6.07, 6.45) is 1.89. The molecule has 4 heteroatoms. The zero-order chi connectivity index (χ0) is 11.9. The number of aldehydes is 1. The number of nitrogens with zero attached hydrogens (tertiary/aromatic N) is 1. The summed E-state index contributed by atoms with van der Waals surface area (Å²) in [4.78, 5) is 24.3. The van der Waals surface area contributed by atoms with Gasteiger partial charge in [0.2, 0.25) is 0 Å². The Labute approximate surface area is 95.9 Å². The van der Waals surface area contributed by atoms with Gasteiger partial charge in [-0.2, -0.15) is 0 Å². The van der Waals surface area contributed by atoms with Crippen molar-refractivity contribution >= 4 is 12.4 Å². The van der Waals surface area contributed by atoms with E-state index >= 15 is 0 Å². The highest BCUT2D eigenvalue weighted by atomic mass is 16.6. The number of amides is 1. The molecule has 16 heavy (non-hydrogen) atoms. The second kappa shape index (κ2) is 3.75. The molecule has 3 atom stereocenters. The summed E-state index contributed by atoms with van der Waals surface area (Å²) in [6.45, 7) is 6.95. The zero-order valence-electron chi connectivity index (χ0n) is 10.1. The van der Waals surface area contributed by atoms with Crippen LogP contribution in [0.1, 0.15) is 27.2 Å². The number of carbonyl (C=O) groups is 2. The van der Waals surface area contributed by atoms with Crippen LogP contribution in [0.4, 0.5) is 4.79 Å². The highest BCUT2D eigenvalue weighted by Crippen LogP contribution is 2.44. The van der Waals surface area contributed by atoms with Crippen molar-refractivity contribution in [1.82, 2.24) is 4.90 Å². The van der Waals surface area contributed by atoms with Crippen LogP contribution in [-0.4, -0.2) is 36.0 Å². The summed E-state index contributed by atoms with van der Waals surface area (Å²) >= 11 is 0. The molecule has 1 unspecified atom stereocenters. The lowest BCUT2D eigenvalue weighted by Crippen LogP contribution is -2.57. The molecule has 0 aromatic carbocycles. The molecule has 90 valence electrons. The molecule has 0 aromatic heterocycles. The number of rotatable bonds is 1. The van der Waals surface area contributed by atoms with E-state index in [-0.39, 0.29) is 12.0 Å². The van der Waals surface area contributed by atoms with E-state index in [4.69, 9.17) is 4.74 Å². The smallest absolute Gasteiger partial charge is 0.410 e. The molecule has 2 bridgehead atoms. The maximum absolute atomic E-state index is 11.8. The minimum atomic E-state index is -0.442. The first-order chi connectivity index (χ1) is 7.40. The number of fused-ring (bicyclic) bond motifs is 2. The van der Waals surface area contributed by atoms with E-state index in [2.05, 4.69) is 0 Å². The maximum Gasteiger partial charge on any atom is 0.410 e. The van der Waals surface area contributed by atoms with Crippen molar-refractivity contribution in [2.75, 3.05) is 13.1 Å². The van der Waals surface area contributed by atoms with Gasteiger partial charge in [0.15, 0.2) is 0 Å².